The molecule has 0 unspecified atom stereocenters. The summed E-state index contributed by atoms with van der Waals surface area (Å²) < 4.78 is 0. The minimum Gasteiger partial charge on any atom is -0.341 e. The second kappa shape index (κ2) is 4.82. The molecular formula is C16H21N3. The monoisotopic (exact) mass is 255 g/mol. The molecule has 1 fully saturated rings. The molecule has 2 aromatic rings. The minimum absolute atomic E-state index is 0.679. The zero-order valence-corrected chi connectivity index (χ0v) is 11.9. The predicted molar refractivity (Wildman–Crippen MR) is 78.2 cm³/mol. The van der Waals surface area contributed by atoms with Crippen molar-refractivity contribution in [1.29, 1.82) is 0 Å². The first-order valence-electron chi connectivity index (χ1n) is 7.00. The summed E-state index contributed by atoms with van der Waals surface area (Å²) >= 11 is 0. The molecule has 100 valence electrons. The first-order valence-corrected chi connectivity index (χ1v) is 7.00. The summed E-state index contributed by atoms with van der Waals surface area (Å²) in [6.45, 7) is 5.14. The van der Waals surface area contributed by atoms with E-state index in [1.54, 1.807) is 0 Å². The zero-order valence-electron chi connectivity index (χ0n) is 11.9. The topological polar surface area (TPSA) is 40.7 Å². The summed E-state index contributed by atoms with van der Waals surface area (Å²) in [6, 6.07) is 6.54. The van der Waals surface area contributed by atoms with Crippen LogP contribution in [0.2, 0.25) is 0 Å². The van der Waals surface area contributed by atoms with Crippen molar-refractivity contribution in [2.24, 2.45) is 0 Å². The number of aryl methyl sites for hydroxylation is 2. The Labute approximate surface area is 114 Å². The number of H-pyrrole nitrogens is 1. The SMILES string of the molecule is CNCc1[nH]c(-c2cc(C)ccc2C)nc1C1CC1. The smallest absolute Gasteiger partial charge is 0.138 e. The van der Waals surface area contributed by atoms with Crippen LogP contribution in [0.25, 0.3) is 11.4 Å². The molecule has 0 bridgehead atoms. The van der Waals surface area contributed by atoms with E-state index in [0.717, 1.165) is 12.4 Å². The lowest BCUT2D eigenvalue weighted by Gasteiger charge is -2.03. The standard InChI is InChI=1S/C16H21N3/c1-10-4-5-11(2)13(8-10)16-18-14(9-17-3)15(19-16)12-6-7-12/h4-5,8,12,17H,6-7,9H2,1-3H3,(H,18,19). The highest BCUT2D eigenvalue weighted by Gasteiger charge is 2.29. The maximum absolute atomic E-state index is 4.87. The highest BCUT2D eigenvalue weighted by atomic mass is 15.0. The highest BCUT2D eigenvalue weighted by Crippen LogP contribution is 2.41. The summed E-state index contributed by atoms with van der Waals surface area (Å²) in [5.74, 6) is 1.70. The molecular weight excluding hydrogens is 234 g/mol. The summed E-state index contributed by atoms with van der Waals surface area (Å²) in [4.78, 5) is 8.38. The average molecular weight is 255 g/mol. The highest BCUT2D eigenvalue weighted by molar-refractivity contribution is 5.62. The van der Waals surface area contributed by atoms with Crippen LogP contribution in [0, 0.1) is 13.8 Å². The van der Waals surface area contributed by atoms with Crippen molar-refractivity contribution >= 4 is 0 Å². The van der Waals surface area contributed by atoms with Gasteiger partial charge < -0.3 is 10.3 Å². The number of rotatable bonds is 4. The Morgan fingerprint density at radius 3 is 2.79 bits per heavy atom. The van der Waals surface area contributed by atoms with Gasteiger partial charge in [0.05, 0.1) is 11.4 Å². The second-order valence-electron chi connectivity index (χ2n) is 5.57. The van der Waals surface area contributed by atoms with Crippen LogP contribution in [-0.4, -0.2) is 17.0 Å². The van der Waals surface area contributed by atoms with Crippen molar-refractivity contribution in [3.05, 3.63) is 40.7 Å². The van der Waals surface area contributed by atoms with Crippen molar-refractivity contribution in [2.45, 2.75) is 39.2 Å². The van der Waals surface area contributed by atoms with Crippen molar-refractivity contribution in [3.63, 3.8) is 0 Å². The Morgan fingerprint density at radius 1 is 1.32 bits per heavy atom. The predicted octanol–water partition coefficient (Wildman–Crippen LogP) is 3.29. The molecule has 0 amide bonds. The Balaban J connectivity index is 2.04. The number of aromatic nitrogens is 2. The number of hydrogen-bond acceptors (Lipinski definition) is 2. The van der Waals surface area contributed by atoms with Gasteiger partial charge in [0.15, 0.2) is 0 Å². The van der Waals surface area contributed by atoms with Crippen LogP contribution >= 0.6 is 0 Å². The van der Waals surface area contributed by atoms with E-state index in [1.807, 2.05) is 7.05 Å². The van der Waals surface area contributed by atoms with Crippen LogP contribution in [0.1, 0.15) is 41.3 Å². The third kappa shape index (κ3) is 2.43. The van der Waals surface area contributed by atoms with Gasteiger partial charge in [-0.15, -0.1) is 0 Å². The number of nitrogens with one attached hydrogen (secondary N) is 2. The van der Waals surface area contributed by atoms with Crippen LogP contribution in [-0.2, 0) is 6.54 Å². The molecule has 1 aromatic heterocycles. The van der Waals surface area contributed by atoms with E-state index in [-0.39, 0.29) is 0 Å². The molecule has 1 aliphatic carbocycles. The average Bonchev–Trinajstić information content (AvgIpc) is 3.15. The van der Waals surface area contributed by atoms with Crippen LogP contribution in [0.5, 0.6) is 0 Å². The fourth-order valence-electron chi connectivity index (χ4n) is 2.55. The van der Waals surface area contributed by atoms with Crippen LogP contribution in [0.3, 0.4) is 0 Å². The molecule has 0 spiro atoms. The summed E-state index contributed by atoms with van der Waals surface area (Å²) in [5.41, 5.74) is 6.30. The molecule has 0 saturated heterocycles. The van der Waals surface area contributed by atoms with E-state index in [2.05, 4.69) is 42.3 Å². The minimum atomic E-state index is 0.679. The molecule has 3 nitrogen and oxygen atoms in total. The quantitative estimate of drug-likeness (QED) is 0.880. The molecule has 0 atom stereocenters. The molecule has 1 aromatic carbocycles. The van der Waals surface area contributed by atoms with Gasteiger partial charge in [0.25, 0.3) is 0 Å². The fraction of sp³-hybridized carbons (Fsp3) is 0.438. The van der Waals surface area contributed by atoms with Crippen LogP contribution in [0.4, 0.5) is 0 Å². The molecule has 0 aliphatic heterocycles. The molecule has 3 heteroatoms. The van der Waals surface area contributed by atoms with Gasteiger partial charge in [-0.25, -0.2) is 4.98 Å². The van der Waals surface area contributed by atoms with Crippen molar-refractivity contribution in [3.8, 4) is 11.4 Å². The van der Waals surface area contributed by atoms with Gasteiger partial charge in [0.1, 0.15) is 5.82 Å². The molecule has 1 aliphatic rings. The number of nitrogens with zero attached hydrogens (tertiary/aromatic N) is 1. The summed E-state index contributed by atoms with van der Waals surface area (Å²) in [7, 11) is 1.98. The van der Waals surface area contributed by atoms with Crippen molar-refractivity contribution in [1.82, 2.24) is 15.3 Å². The van der Waals surface area contributed by atoms with E-state index >= 15 is 0 Å². The number of aromatic amines is 1. The fourth-order valence-corrected chi connectivity index (χ4v) is 2.55. The lowest BCUT2D eigenvalue weighted by Crippen LogP contribution is -2.07. The largest absolute Gasteiger partial charge is 0.341 e. The lowest BCUT2D eigenvalue weighted by molar-refractivity contribution is 0.782. The summed E-state index contributed by atoms with van der Waals surface area (Å²) in [6.07, 6.45) is 2.57. The normalized spacial score (nSPS) is 14.9. The Bertz CT molecular complexity index is 594. The molecule has 2 N–H and O–H groups in total. The van der Waals surface area contributed by atoms with Gasteiger partial charge in [-0.1, -0.05) is 17.7 Å². The third-order valence-corrected chi connectivity index (χ3v) is 3.78. The first-order chi connectivity index (χ1) is 9.19. The Morgan fingerprint density at radius 2 is 2.11 bits per heavy atom. The second-order valence-corrected chi connectivity index (χ2v) is 5.57. The molecule has 3 rings (SSSR count). The zero-order chi connectivity index (χ0) is 13.4. The maximum atomic E-state index is 4.87. The van der Waals surface area contributed by atoms with Crippen molar-refractivity contribution in [2.75, 3.05) is 7.05 Å². The summed E-state index contributed by atoms with van der Waals surface area (Å²) in [5, 5.41) is 3.23. The van der Waals surface area contributed by atoms with Gasteiger partial charge >= 0.3 is 0 Å². The molecule has 1 heterocycles. The number of benzene rings is 1. The first kappa shape index (κ1) is 12.4. The van der Waals surface area contributed by atoms with Gasteiger partial charge in [-0.05, 0) is 45.4 Å². The van der Waals surface area contributed by atoms with Gasteiger partial charge in [0, 0.05) is 18.0 Å². The van der Waals surface area contributed by atoms with Crippen LogP contribution < -0.4 is 5.32 Å². The van der Waals surface area contributed by atoms with Gasteiger partial charge in [0.2, 0.25) is 0 Å². The van der Waals surface area contributed by atoms with E-state index in [0.29, 0.717) is 5.92 Å². The molecule has 0 radical (unpaired) electrons. The Kier molecular flexibility index (Phi) is 3.15. The van der Waals surface area contributed by atoms with Gasteiger partial charge in [-0.3, -0.25) is 0 Å². The molecule has 19 heavy (non-hydrogen) atoms. The van der Waals surface area contributed by atoms with E-state index in [4.69, 9.17) is 4.98 Å². The van der Waals surface area contributed by atoms with Gasteiger partial charge in [-0.2, -0.15) is 0 Å². The third-order valence-electron chi connectivity index (χ3n) is 3.78. The maximum Gasteiger partial charge on any atom is 0.138 e. The van der Waals surface area contributed by atoms with E-state index < -0.39 is 0 Å². The van der Waals surface area contributed by atoms with Crippen LogP contribution in [0.15, 0.2) is 18.2 Å². The molecule has 1 saturated carbocycles. The lowest BCUT2D eigenvalue weighted by atomic mass is 10.1. The van der Waals surface area contributed by atoms with E-state index in [1.165, 1.54) is 40.9 Å². The number of imidazole rings is 1. The Hall–Kier alpha value is -1.61. The van der Waals surface area contributed by atoms with E-state index in [9.17, 15) is 0 Å². The number of hydrogen-bond donors (Lipinski definition) is 2. The van der Waals surface area contributed by atoms with Crippen molar-refractivity contribution < 1.29 is 0 Å².